The zero-order valence-electron chi connectivity index (χ0n) is 19.5. The van der Waals surface area contributed by atoms with E-state index in [1.54, 1.807) is 0 Å². The van der Waals surface area contributed by atoms with Crippen molar-refractivity contribution in [1.29, 1.82) is 0 Å². The molecule has 1 fully saturated rings. The molecule has 29 heavy (non-hydrogen) atoms. The van der Waals surface area contributed by atoms with Crippen LogP contribution >= 0.6 is 0 Å². The number of unbranched alkanes of at least 4 members (excludes halogenated alkanes) is 14. The molecular formula is C25H50N2O2. The van der Waals surface area contributed by atoms with Crippen LogP contribution in [0.15, 0.2) is 0 Å². The minimum Gasteiger partial charge on any atom is -0.343 e. The highest BCUT2D eigenvalue weighted by molar-refractivity contribution is 5.76. The summed E-state index contributed by atoms with van der Waals surface area (Å²) in [4.78, 5) is 19.1. The average Bonchev–Trinajstić information content (AvgIpc) is 2.75. The van der Waals surface area contributed by atoms with E-state index in [2.05, 4.69) is 16.7 Å². The third-order valence-corrected chi connectivity index (χ3v) is 6.61. The highest BCUT2D eigenvalue weighted by Gasteiger charge is 2.22. The number of rotatable bonds is 19. The lowest BCUT2D eigenvalue weighted by Crippen LogP contribution is -2.38. The Labute approximate surface area is 181 Å². The smallest absolute Gasteiger partial charge is 0.222 e. The third-order valence-electron chi connectivity index (χ3n) is 6.61. The monoisotopic (exact) mass is 410 g/mol. The molecule has 0 aromatic carbocycles. The lowest BCUT2D eigenvalue weighted by Gasteiger charge is -2.32. The van der Waals surface area contributed by atoms with Gasteiger partial charge in [0.25, 0.3) is 0 Å². The van der Waals surface area contributed by atoms with E-state index in [1.165, 1.54) is 89.9 Å². The van der Waals surface area contributed by atoms with Gasteiger partial charge >= 0.3 is 0 Å². The molecule has 1 aliphatic rings. The zero-order valence-corrected chi connectivity index (χ0v) is 19.5. The number of amides is 1. The fourth-order valence-corrected chi connectivity index (χ4v) is 4.51. The summed E-state index contributed by atoms with van der Waals surface area (Å²) in [6.07, 6.45) is 24.5. The van der Waals surface area contributed by atoms with E-state index >= 15 is 0 Å². The Bertz CT molecular complexity index is 368. The van der Waals surface area contributed by atoms with Gasteiger partial charge in [0.15, 0.2) is 0 Å². The number of hydrogen-bond acceptors (Lipinski definition) is 3. The van der Waals surface area contributed by atoms with Crippen LogP contribution in [0.2, 0.25) is 0 Å². The average molecular weight is 411 g/mol. The SMILES string of the molecule is CCCCCCCCCCCCCCCCCC(=O)N1CCC(CCON)CC1. The Morgan fingerprint density at radius 1 is 0.793 bits per heavy atom. The number of nitrogens with zero attached hydrogens (tertiary/aromatic N) is 1. The maximum atomic E-state index is 12.3. The second-order valence-corrected chi connectivity index (χ2v) is 9.18. The Morgan fingerprint density at radius 3 is 1.69 bits per heavy atom. The van der Waals surface area contributed by atoms with Crippen molar-refractivity contribution in [2.45, 2.75) is 129 Å². The molecule has 4 heteroatoms. The van der Waals surface area contributed by atoms with Gasteiger partial charge in [-0.3, -0.25) is 4.79 Å². The van der Waals surface area contributed by atoms with Crippen LogP contribution in [0.3, 0.4) is 0 Å². The van der Waals surface area contributed by atoms with Crippen LogP contribution in [-0.2, 0) is 9.63 Å². The van der Waals surface area contributed by atoms with Gasteiger partial charge in [0.2, 0.25) is 5.91 Å². The first-order valence-corrected chi connectivity index (χ1v) is 12.9. The summed E-state index contributed by atoms with van der Waals surface area (Å²) >= 11 is 0. The molecule has 0 atom stereocenters. The fourth-order valence-electron chi connectivity index (χ4n) is 4.51. The molecule has 0 saturated carbocycles. The van der Waals surface area contributed by atoms with Crippen LogP contribution in [0.1, 0.15) is 129 Å². The topological polar surface area (TPSA) is 55.6 Å². The van der Waals surface area contributed by atoms with E-state index in [4.69, 9.17) is 5.90 Å². The van der Waals surface area contributed by atoms with Gasteiger partial charge in [-0.05, 0) is 31.6 Å². The summed E-state index contributed by atoms with van der Waals surface area (Å²) in [7, 11) is 0. The Morgan fingerprint density at radius 2 is 1.24 bits per heavy atom. The molecule has 0 aliphatic carbocycles. The summed E-state index contributed by atoms with van der Waals surface area (Å²) in [6.45, 7) is 4.77. The quantitative estimate of drug-likeness (QED) is 0.189. The first-order chi connectivity index (χ1) is 14.3. The van der Waals surface area contributed by atoms with E-state index in [1.807, 2.05) is 0 Å². The molecule has 1 rings (SSSR count). The Balaban J connectivity index is 1.81. The van der Waals surface area contributed by atoms with Gasteiger partial charge in [0, 0.05) is 19.5 Å². The molecule has 0 aromatic heterocycles. The zero-order chi connectivity index (χ0) is 21.0. The van der Waals surface area contributed by atoms with E-state index in [0.717, 1.165) is 45.2 Å². The van der Waals surface area contributed by atoms with Crippen LogP contribution in [0.4, 0.5) is 0 Å². The number of nitrogens with two attached hydrogens (primary N) is 1. The van der Waals surface area contributed by atoms with Gasteiger partial charge in [-0.1, -0.05) is 96.8 Å². The maximum Gasteiger partial charge on any atom is 0.222 e. The Hall–Kier alpha value is -0.610. The summed E-state index contributed by atoms with van der Waals surface area (Å²) in [5.74, 6) is 6.15. The maximum absolute atomic E-state index is 12.3. The van der Waals surface area contributed by atoms with Crippen LogP contribution in [0, 0.1) is 5.92 Å². The molecule has 0 aromatic rings. The van der Waals surface area contributed by atoms with Gasteiger partial charge in [-0.2, -0.15) is 0 Å². The van der Waals surface area contributed by atoms with Gasteiger partial charge in [0.05, 0.1) is 6.61 Å². The van der Waals surface area contributed by atoms with Gasteiger partial charge in [0.1, 0.15) is 0 Å². The second kappa shape index (κ2) is 19.4. The number of carbonyl (C=O) groups excluding carboxylic acids is 1. The summed E-state index contributed by atoms with van der Waals surface area (Å²) in [5, 5.41) is 0. The molecule has 1 aliphatic heterocycles. The van der Waals surface area contributed by atoms with Crippen molar-refractivity contribution >= 4 is 5.91 Å². The van der Waals surface area contributed by atoms with Crippen LogP contribution < -0.4 is 5.90 Å². The molecule has 1 amide bonds. The van der Waals surface area contributed by atoms with E-state index in [9.17, 15) is 4.79 Å². The van der Waals surface area contributed by atoms with Crippen molar-refractivity contribution in [1.82, 2.24) is 4.90 Å². The number of likely N-dealkylation sites (tertiary alicyclic amines) is 1. The summed E-state index contributed by atoms with van der Waals surface area (Å²) < 4.78 is 0. The highest BCUT2D eigenvalue weighted by Crippen LogP contribution is 2.21. The molecule has 0 radical (unpaired) electrons. The molecule has 1 saturated heterocycles. The molecule has 172 valence electrons. The molecule has 0 spiro atoms. The standard InChI is InChI=1S/C25H50N2O2/c1-2-3-4-5-6-7-8-9-10-11-12-13-14-15-16-17-25(28)27-21-18-24(19-22-27)20-23-29-26/h24H,2-23,26H2,1H3. The second-order valence-electron chi connectivity index (χ2n) is 9.18. The number of hydrogen-bond donors (Lipinski definition) is 1. The predicted molar refractivity (Wildman–Crippen MR) is 124 cm³/mol. The van der Waals surface area contributed by atoms with Crippen LogP contribution in [-0.4, -0.2) is 30.5 Å². The van der Waals surface area contributed by atoms with Crippen molar-refractivity contribution in [3.05, 3.63) is 0 Å². The first kappa shape index (κ1) is 26.4. The van der Waals surface area contributed by atoms with Gasteiger partial charge in [-0.15, -0.1) is 0 Å². The third kappa shape index (κ3) is 14.9. The number of piperidine rings is 1. The van der Waals surface area contributed by atoms with Crippen molar-refractivity contribution in [2.75, 3.05) is 19.7 Å². The predicted octanol–water partition coefficient (Wildman–Crippen LogP) is 6.77. The van der Waals surface area contributed by atoms with Crippen molar-refractivity contribution in [2.24, 2.45) is 11.8 Å². The van der Waals surface area contributed by atoms with Gasteiger partial charge in [-0.25, -0.2) is 5.90 Å². The van der Waals surface area contributed by atoms with Crippen molar-refractivity contribution in [3.8, 4) is 0 Å². The van der Waals surface area contributed by atoms with Gasteiger partial charge < -0.3 is 9.74 Å². The molecular weight excluding hydrogens is 360 g/mol. The fraction of sp³-hybridized carbons (Fsp3) is 0.960. The minimum absolute atomic E-state index is 0.369. The molecule has 4 nitrogen and oxygen atoms in total. The number of carbonyl (C=O) groups is 1. The molecule has 1 heterocycles. The lowest BCUT2D eigenvalue weighted by molar-refractivity contribution is -0.132. The van der Waals surface area contributed by atoms with Crippen molar-refractivity contribution in [3.63, 3.8) is 0 Å². The van der Waals surface area contributed by atoms with Crippen molar-refractivity contribution < 1.29 is 9.63 Å². The van der Waals surface area contributed by atoms with E-state index in [-0.39, 0.29) is 0 Å². The highest BCUT2D eigenvalue weighted by atomic mass is 16.6. The minimum atomic E-state index is 0.369. The Kier molecular flexibility index (Phi) is 17.6. The van der Waals surface area contributed by atoms with E-state index in [0.29, 0.717) is 18.4 Å². The summed E-state index contributed by atoms with van der Waals surface area (Å²) in [6, 6.07) is 0. The normalized spacial score (nSPS) is 15.2. The molecule has 0 bridgehead atoms. The first-order valence-electron chi connectivity index (χ1n) is 12.9. The van der Waals surface area contributed by atoms with E-state index < -0.39 is 0 Å². The van der Waals surface area contributed by atoms with Crippen LogP contribution in [0.25, 0.3) is 0 Å². The largest absolute Gasteiger partial charge is 0.343 e. The summed E-state index contributed by atoms with van der Waals surface area (Å²) in [5.41, 5.74) is 0. The molecule has 2 N–H and O–H groups in total. The molecule has 0 unspecified atom stereocenters. The van der Waals surface area contributed by atoms with Crippen LogP contribution in [0.5, 0.6) is 0 Å². The lowest BCUT2D eigenvalue weighted by atomic mass is 9.93.